The highest BCUT2D eigenvalue weighted by Gasteiger charge is 2.59. The number of ether oxygens (including phenoxy) is 1. The Labute approximate surface area is 201 Å². The van der Waals surface area contributed by atoms with Gasteiger partial charge in [0.1, 0.15) is 17.5 Å². The molecule has 2 aromatic rings. The van der Waals surface area contributed by atoms with Crippen molar-refractivity contribution in [1.29, 1.82) is 0 Å². The number of benzene rings is 2. The topological polar surface area (TPSA) is 61.9 Å². The van der Waals surface area contributed by atoms with E-state index in [2.05, 4.69) is 45.4 Å². The molecule has 4 fully saturated rings. The van der Waals surface area contributed by atoms with Gasteiger partial charge in [0.05, 0.1) is 7.11 Å². The molecule has 1 spiro atoms. The summed E-state index contributed by atoms with van der Waals surface area (Å²) in [6.45, 7) is 2.43. The third-order valence-electron chi connectivity index (χ3n) is 8.10. The summed E-state index contributed by atoms with van der Waals surface area (Å²) >= 11 is 0. The van der Waals surface area contributed by atoms with Crippen molar-refractivity contribution in [3.05, 3.63) is 54.1 Å². The molecule has 178 valence electrons. The maximum atomic E-state index is 13.4. The standard InChI is InChI=1S/C28H33N3O3/c1-34-24-5-3-2-4-23(24)20-6-8-21(9-7-20)25-29-28(14-15-28)27(33)31(25)18-19-12-16-30(17-13-19)26(32)22-10-11-22/h2-9,19,22,25,29H,10-18H2,1H3. The van der Waals surface area contributed by atoms with Crippen molar-refractivity contribution >= 4 is 11.8 Å². The maximum Gasteiger partial charge on any atom is 0.244 e. The first-order valence-corrected chi connectivity index (χ1v) is 12.7. The van der Waals surface area contributed by atoms with Gasteiger partial charge in [0.15, 0.2) is 0 Å². The lowest BCUT2D eigenvalue weighted by Gasteiger charge is -2.35. The number of hydrogen-bond donors (Lipinski definition) is 1. The van der Waals surface area contributed by atoms with Crippen LogP contribution in [0.1, 0.15) is 50.3 Å². The molecule has 6 nitrogen and oxygen atoms in total. The largest absolute Gasteiger partial charge is 0.496 e. The van der Waals surface area contributed by atoms with E-state index in [-0.39, 0.29) is 17.6 Å². The molecular formula is C28H33N3O3. The van der Waals surface area contributed by atoms with Crippen LogP contribution in [-0.2, 0) is 9.59 Å². The van der Waals surface area contributed by atoms with Gasteiger partial charge in [-0.1, -0.05) is 42.5 Å². The molecule has 2 saturated carbocycles. The summed E-state index contributed by atoms with van der Waals surface area (Å²) in [5, 5.41) is 3.67. The van der Waals surface area contributed by atoms with Crippen LogP contribution in [-0.4, -0.2) is 53.9 Å². The Bertz CT molecular complexity index is 1080. The summed E-state index contributed by atoms with van der Waals surface area (Å²) in [6, 6.07) is 16.6. The fourth-order valence-electron chi connectivity index (χ4n) is 5.66. The van der Waals surface area contributed by atoms with Crippen LogP contribution in [0, 0.1) is 11.8 Å². The van der Waals surface area contributed by atoms with Crippen molar-refractivity contribution in [3.63, 3.8) is 0 Å². The quantitative estimate of drug-likeness (QED) is 0.710. The van der Waals surface area contributed by atoms with Crippen molar-refractivity contribution in [2.24, 2.45) is 11.8 Å². The van der Waals surface area contributed by atoms with E-state index in [0.717, 1.165) is 80.6 Å². The van der Waals surface area contributed by atoms with E-state index >= 15 is 0 Å². The minimum atomic E-state index is -0.353. The first-order valence-electron chi connectivity index (χ1n) is 12.7. The number of rotatable bonds is 6. The van der Waals surface area contributed by atoms with Gasteiger partial charge in [-0.25, -0.2) is 0 Å². The van der Waals surface area contributed by atoms with Crippen molar-refractivity contribution in [3.8, 4) is 16.9 Å². The molecule has 0 bridgehead atoms. The van der Waals surface area contributed by atoms with E-state index in [0.29, 0.717) is 17.7 Å². The second-order valence-electron chi connectivity index (χ2n) is 10.5. The van der Waals surface area contributed by atoms with Gasteiger partial charge in [0.2, 0.25) is 11.8 Å². The number of para-hydroxylation sites is 1. The number of piperidine rings is 1. The van der Waals surface area contributed by atoms with E-state index in [1.807, 2.05) is 18.2 Å². The van der Waals surface area contributed by atoms with Crippen LogP contribution in [0.4, 0.5) is 0 Å². The smallest absolute Gasteiger partial charge is 0.244 e. The predicted octanol–water partition coefficient (Wildman–Crippen LogP) is 3.97. The van der Waals surface area contributed by atoms with Crippen LogP contribution in [0.25, 0.3) is 11.1 Å². The zero-order chi connectivity index (χ0) is 23.3. The molecule has 1 atom stereocenters. The molecule has 0 aromatic heterocycles. The van der Waals surface area contributed by atoms with Gasteiger partial charge in [0, 0.05) is 31.1 Å². The lowest BCUT2D eigenvalue weighted by molar-refractivity contribution is -0.135. The van der Waals surface area contributed by atoms with E-state index in [4.69, 9.17) is 4.74 Å². The van der Waals surface area contributed by atoms with Gasteiger partial charge in [-0.3, -0.25) is 14.9 Å². The van der Waals surface area contributed by atoms with Gasteiger partial charge < -0.3 is 14.5 Å². The fourth-order valence-corrected chi connectivity index (χ4v) is 5.66. The lowest BCUT2D eigenvalue weighted by atomic mass is 9.95. The van der Waals surface area contributed by atoms with Crippen LogP contribution in [0.2, 0.25) is 0 Å². The molecule has 34 heavy (non-hydrogen) atoms. The molecule has 6 heteroatoms. The van der Waals surface area contributed by atoms with Crippen LogP contribution < -0.4 is 10.1 Å². The summed E-state index contributed by atoms with van der Waals surface area (Å²) < 4.78 is 5.53. The highest BCUT2D eigenvalue weighted by Crippen LogP contribution is 2.46. The molecule has 2 aromatic carbocycles. The molecular weight excluding hydrogens is 426 g/mol. The van der Waals surface area contributed by atoms with Crippen LogP contribution in [0.3, 0.4) is 0 Å². The Morgan fingerprint density at radius 1 is 1.03 bits per heavy atom. The van der Waals surface area contributed by atoms with E-state index < -0.39 is 0 Å². The average Bonchev–Trinajstić information content (AvgIpc) is 3.81. The van der Waals surface area contributed by atoms with E-state index in [1.165, 1.54) is 0 Å². The molecule has 0 radical (unpaired) electrons. The third kappa shape index (κ3) is 3.88. The Balaban J connectivity index is 1.17. The second kappa shape index (κ2) is 8.42. The monoisotopic (exact) mass is 459 g/mol. The van der Waals surface area contributed by atoms with Gasteiger partial charge >= 0.3 is 0 Å². The highest BCUT2D eigenvalue weighted by molar-refractivity contribution is 5.92. The normalized spacial score (nSPS) is 24.0. The molecule has 4 aliphatic rings. The van der Waals surface area contributed by atoms with Crippen molar-refractivity contribution in [2.45, 2.75) is 50.2 Å². The second-order valence-corrected chi connectivity index (χ2v) is 10.5. The number of carbonyl (C=O) groups is 2. The number of nitrogens with one attached hydrogen (secondary N) is 1. The van der Waals surface area contributed by atoms with E-state index in [1.54, 1.807) is 7.11 Å². The first kappa shape index (κ1) is 21.7. The molecule has 2 saturated heterocycles. The molecule has 2 aliphatic carbocycles. The predicted molar refractivity (Wildman–Crippen MR) is 130 cm³/mol. The summed E-state index contributed by atoms with van der Waals surface area (Å²) in [5.74, 6) is 2.19. The van der Waals surface area contributed by atoms with Crippen molar-refractivity contribution in [2.75, 3.05) is 26.7 Å². The Morgan fingerprint density at radius 3 is 2.38 bits per heavy atom. The minimum absolute atomic E-state index is 0.0900. The molecule has 1 N–H and O–H groups in total. The molecule has 2 amide bonds. The zero-order valence-electron chi connectivity index (χ0n) is 19.8. The van der Waals surface area contributed by atoms with Crippen LogP contribution in [0.5, 0.6) is 5.75 Å². The maximum absolute atomic E-state index is 13.4. The van der Waals surface area contributed by atoms with Gasteiger partial charge in [-0.05, 0) is 61.6 Å². The Kier molecular flexibility index (Phi) is 5.36. The molecule has 1 unspecified atom stereocenters. The molecule has 6 rings (SSSR count). The SMILES string of the molecule is COc1ccccc1-c1ccc(C2NC3(CC3)C(=O)N2CC2CCN(C(=O)C3CC3)CC2)cc1. The zero-order valence-corrected chi connectivity index (χ0v) is 19.8. The molecule has 2 aliphatic heterocycles. The summed E-state index contributed by atoms with van der Waals surface area (Å²) in [5.41, 5.74) is 2.94. The van der Waals surface area contributed by atoms with Crippen LogP contribution >= 0.6 is 0 Å². The number of likely N-dealkylation sites (tertiary alicyclic amines) is 1. The van der Waals surface area contributed by atoms with Gasteiger partial charge in [-0.2, -0.15) is 0 Å². The fraction of sp³-hybridized carbons (Fsp3) is 0.500. The first-order chi connectivity index (χ1) is 16.6. The van der Waals surface area contributed by atoms with Crippen molar-refractivity contribution < 1.29 is 14.3 Å². The van der Waals surface area contributed by atoms with Gasteiger partial charge in [0.25, 0.3) is 0 Å². The number of amides is 2. The number of carbonyl (C=O) groups excluding carboxylic acids is 2. The van der Waals surface area contributed by atoms with E-state index in [9.17, 15) is 9.59 Å². The lowest BCUT2D eigenvalue weighted by Crippen LogP contribution is -2.43. The highest BCUT2D eigenvalue weighted by atomic mass is 16.5. The van der Waals surface area contributed by atoms with Gasteiger partial charge in [-0.15, -0.1) is 0 Å². The minimum Gasteiger partial charge on any atom is -0.496 e. The summed E-state index contributed by atoms with van der Waals surface area (Å²) in [4.78, 5) is 29.9. The third-order valence-corrected chi connectivity index (χ3v) is 8.10. The summed E-state index contributed by atoms with van der Waals surface area (Å²) in [7, 11) is 1.69. The van der Waals surface area contributed by atoms with Crippen LogP contribution in [0.15, 0.2) is 48.5 Å². The number of nitrogens with zero attached hydrogens (tertiary/aromatic N) is 2. The average molecular weight is 460 g/mol. The molecule has 2 heterocycles. The Morgan fingerprint density at radius 2 is 1.74 bits per heavy atom. The summed E-state index contributed by atoms with van der Waals surface area (Å²) in [6.07, 6.45) is 5.84. The Hall–Kier alpha value is -2.86. The number of hydrogen-bond acceptors (Lipinski definition) is 4. The van der Waals surface area contributed by atoms with Crippen molar-refractivity contribution in [1.82, 2.24) is 15.1 Å². The number of methoxy groups -OCH3 is 1.